The van der Waals surface area contributed by atoms with E-state index in [2.05, 4.69) is 33.9 Å². The lowest BCUT2D eigenvalue weighted by atomic mass is 9.84. The molecule has 7 heteroatoms. The molecule has 0 bridgehead atoms. The Morgan fingerprint density at radius 1 is 1.21 bits per heavy atom. The molecule has 28 heavy (non-hydrogen) atoms. The molecule has 2 N–H and O–H groups in total. The first-order valence-electron chi connectivity index (χ1n) is 9.97. The maximum absolute atomic E-state index is 6.06. The van der Waals surface area contributed by atoms with Crippen LogP contribution < -0.4 is 10.8 Å². The lowest BCUT2D eigenvalue weighted by Crippen LogP contribution is -2.31. The fourth-order valence-electron chi connectivity index (χ4n) is 4.19. The van der Waals surface area contributed by atoms with Crippen molar-refractivity contribution in [3.63, 3.8) is 0 Å². The maximum Gasteiger partial charge on any atom is 0.159 e. The molecule has 3 aromatic rings. The van der Waals surface area contributed by atoms with Crippen molar-refractivity contribution >= 4 is 28.1 Å². The van der Waals surface area contributed by atoms with Crippen molar-refractivity contribution in [1.29, 1.82) is 0 Å². The quantitative estimate of drug-likeness (QED) is 0.712. The summed E-state index contributed by atoms with van der Waals surface area (Å²) in [5, 5.41) is 9.01. The van der Waals surface area contributed by atoms with Gasteiger partial charge in [-0.05, 0) is 38.0 Å². The molecule has 0 amide bonds. The van der Waals surface area contributed by atoms with Crippen LogP contribution in [0.2, 0.25) is 0 Å². The fraction of sp³-hybridized carbons (Fsp3) is 0.381. The van der Waals surface area contributed by atoms with Gasteiger partial charge in [-0.3, -0.25) is 15.3 Å². The maximum atomic E-state index is 6.06. The Labute approximate surface area is 163 Å². The van der Waals surface area contributed by atoms with E-state index in [1.807, 2.05) is 35.4 Å². The molecule has 0 atom stereocenters. The normalized spacial score (nSPS) is 18.2. The van der Waals surface area contributed by atoms with Gasteiger partial charge < -0.3 is 5.32 Å². The van der Waals surface area contributed by atoms with Crippen LogP contribution in [-0.4, -0.2) is 25.3 Å². The van der Waals surface area contributed by atoms with E-state index in [9.17, 15) is 0 Å². The standard InChI is InChI=1S/C21H24N6O/c1-2-27-20-17(14-24-27)19(25-15-7-6-10-22-12-15)16(13-23-20)18-11-21(28-26-18)8-4-3-5-9-21/h6-7,10-14,26H,2-5,8-9H2,1H3,(H,23,25). The minimum atomic E-state index is -0.193. The van der Waals surface area contributed by atoms with Crippen LogP contribution in [0.5, 0.6) is 0 Å². The third-order valence-corrected chi connectivity index (χ3v) is 5.66. The predicted octanol–water partition coefficient (Wildman–Crippen LogP) is 4.17. The number of aromatic nitrogens is 4. The molecule has 0 saturated heterocycles. The van der Waals surface area contributed by atoms with Crippen LogP contribution in [0, 0.1) is 0 Å². The Hall–Kier alpha value is -2.93. The summed E-state index contributed by atoms with van der Waals surface area (Å²) in [5.74, 6) is 0. The SMILES string of the molecule is CCn1ncc2c(Nc3cccnc3)c(C3=CC4(CCCCC4)ON3)cnc21. The number of hydrogen-bond acceptors (Lipinski definition) is 6. The topological polar surface area (TPSA) is 76.9 Å². The van der Waals surface area contributed by atoms with Gasteiger partial charge in [-0.25, -0.2) is 9.67 Å². The van der Waals surface area contributed by atoms with Crippen molar-refractivity contribution in [1.82, 2.24) is 25.2 Å². The molecule has 2 aliphatic rings. The predicted molar refractivity (Wildman–Crippen MR) is 109 cm³/mol. The number of anilines is 2. The van der Waals surface area contributed by atoms with E-state index >= 15 is 0 Å². The number of rotatable bonds is 4. The zero-order valence-corrected chi connectivity index (χ0v) is 16.0. The van der Waals surface area contributed by atoms with E-state index in [4.69, 9.17) is 9.82 Å². The molecule has 0 radical (unpaired) electrons. The summed E-state index contributed by atoms with van der Waals surface area (Å²) in [5.41, 5.74) is 7.69. The first kappa shape index (κ1) is 17.2. The van der Waals surface area contributed by atoms with E-state index < -0.39 is 0 Å². The highest BCUT2D eigenvalue weighted by Gasteiger charge is 2.37. The molecule has 1 fully saturated rings. The average molecular weight is 376 g/mol. The van der Waals surface area contributed by atoms with Crippen molar-refractivity contribution in [3.8, 4) is 0 Å². The number of nitrogens with zero attached hydrogens (tertiary/aromatic N) is 4. The van der Waals surface area contributed by atoms with Crippen LogP contribution in [-0.2, 0) is 11.4 Å². The van der Waals surface area contributed by atoms with Gasteiger partial charge in [0.25, 0.3) is 0 Å². The van der Waals surface area contributed by atoms with Crippen LogP contribution >= 0.6 is 0 Å². The molecule has 1 aliphatic heterocycles. The van der Waals surface area contributed by atoms with Crippen LogP contribution in [0.1, 0.15) is 44.6 Å². The molecule has 1 spiro atoms. The molecular formula is C21H24N6O. The summed E-state index contributed by atoms with van der Waals surface area (Å²) in [6.45, 7) is 2.84. The first-order chi connectivity index (χ1) is 13.8. The average Bonchev–Trinajstić information content (AvgIpc) is 3.34. The third kappa shape index (κ3) is 2.92. The molecule has 144 valence electrons. The van der Waals surface area contributed by atoms with Crippen LogP contribution in [0.25, 0.3) is 16.7 Å². The minimum absolute atomic E-state index is 0.193. The molecule has 1 aliphatic carbocycles. The van der Waals surface area contributed by atoms with Crippen LogP contribution in [0.4, 0.5) is 11.4 Å². The molecule has 0 unspecified atom stereocenters. The third-order valence-electron chi connectivity index (χ3n) is 5.66. The van der Waals surface area contributed by atoms with Crippen molar-refractivity contribution in [3.05, 3.63) is 48.6 Å². The molecule has 1 saturated carbocycles. The highest BCUT2D eigenvalue weighted by Crippen LogP contribution is 2.40. The van der Waals surface area contributed by atoms with Crippen molar-refractivity contribution in [2.45, 2.75) is 51.2 Å². The molecule has 0 aromatic carbocycles. The molecule has 3 aromatic heterocycles. The molecule has 5 rings (SSSR count). The van der Waals surface area contributed by atoms with Gasteiger partial charge in [0, 0.05) is 24.5 Å². The molecular weight excluding hydrogens is 352 g/mol. The lowest BCUT2D eigenvalue weighted by molar-refractivity contribution is -0.0557. The highest BCUT2D eigenvalue weighted by atomic mass is 16.7. The summed E-state index contributed by atoms with van der Waals surface area (Å²) in [6.07, 6.45) is 15.4. The monoisotopic (exact) mass is 376 g/mol. The van der Waals surface area contributed by atoms with Gasteiger partial charge in [-0.1, -0.05) is 19.3 Å². The summed E-state index contributed by atoms with van der Waals surface area (Å²) in [4.78, 5) is 15.0. The van der Waals surface area contributed by atoms with Gasteiger partial charge >= 0.3 is 0 Å². The van der Waals surface area contributed by atoms with E-state index in [1.165, 1.54) is 19.3 Å². The largest absolute Gasteiger partial charge is 0.353 e. The van der Waals surface area contributed by atoms with Crippen molar-refractivity contribution < 1.29 is 4.84 Å². The lowest BCUT2D eigenvalue weighted by Gasteiger charge is -2.29. The second-order valence-electron chi connectivity index (χ2n) is 7.50. The fourth-order valence-corrected chi connectivity index (χ4v) is 4.19. The summed E-state index contributed by atoms with van der Waals surface area (Å²) >= 11 is 0. The number of hydroxylamine groups is 1. The Morgan fingerprint density at radius 3 is 2.89 bits per heavy atom. The highest BCUT2D eigenvalue weighted by molar-refractivity contribution is 5.97. The smallest absolute Gasteiger partial charge is 0.159 e. The van der Waals surface area contributed by atoms with E-state index in [0.29, 0.717) is 0 Å². The second-order valence-corrected chi connectivity index (χ2v) is 7.50. The number of aryl methyl sites for hydroxylation is 1. The Morgan fingerprint density at radius 2 is 2.11 bits per heavy atom. The minimum Gasteiger partial charge on any atom is -0.353 e. The molecule has 4 heterocycles. The number of pyridine rings is 2. The summed E-state index contributed by atoms with van der Waals surface area (Å²) < 4.78 is 1.91. The zero-order valence-electron chi connectivity index (χ0n) is 16.0. The first-order valence-corrected chi connectivity index (χ1v) is 9.97. The van der Waals surface area contributed by atoms with E-state index in [-0.39, 0.29) is 5.60 Å². The van der Waals surface area contributed by atoms with Crippen LogP contribution in [0.3, 0.4) is 0 Å². The van der Waals surface area contributed by atoms with Gasteiger partial charge in [0.1, 0.15) is 5.60 Å². The van der Waals surface area contributed by atoms with E-state index in [1.54, 1.807) is 6.20 Å². The summed E-state index contributed by atoms with van der Waals surface area (Å²) in [6, 6.07) is 3.92. The Bertz CT molecular complexity index is 1020. The zero-order chi connectivity index (χ0) is 19.0. The number of fused-ring (bicyclic) bond motifs is 1. The van der Waals surface area contributed by atoms with Gasteiger partial charge in [0.2, 0.25) is 0 Å². The van der Waals surface area contributed by atoms with Gasteiger partial charge in [0.15, 0.2) is 5.65 Å². The second kappa shape index (κ2) is 6.91. The van der Waals surface area contributed by atoms with Gasteiger partial charge in [-0.15, -0.1) is 0 Å². The summed E-state index contributed by atoms with van der Waals surface area (Å²) in [7, 11) is 0. The Kier molecular flexibility index (Phi) is 4.24. The van der Waals surface area contributed by atoms with Gasteiger partial charge in [-0.2, -0.15) is 5.10 Å². The van der Waals surface area contributed by atoms with Gasteiger partial charge in [0.05, 0.1) is 34.9 Å². The van der Waals surface area contributed by atoms with E-state index in [0.717, 1.165) is 53.1 Å². The number of nitrogens with one attached hydrogen (secondary N) is 2. The molecule has 7 nitrogen and oxygen atoms in total. The number of hydrogen-bond donors (Lipinski definition) is 2. The van der Waals surface area contributed by atoms with Crippen molar-refractivity contribution in [2.24, 2.45) is 0 Å². The Balaban J connectivity index is 1.62. The van der Waals surface area contributed by atoms with Crippen LogP contribution in [0.15, 0.2) is 43.0 Å². The van der Waals surface area contributed by atoms with Crippen molar-refractivity contribution in [2.75, 3.05) is 5.32 Å².